The molecular formula is C27H31BN4O5S. The van der Waals surface area contributed by atoms with Crippen molar-refractivity contribution < 1.29 is 22.5 Å². The molecule has 1 aliphatic rings. The molecule has 1 fully saturated rings. The molecule has 11 heteroatoms. The Bertz CT molecular complexity index is 1570. The minimum atomic E-state index is -3.97. The summed E-state index contributed by atoms with van der Waals surface area (Å²) in [6.07, 6.45) is 2.89. The van der Waals surface area contributed by atoms with Crippen molar-refractivity contribution in [1.29, 1.82) is 0 Å². The van der Waals surface area contributed by atoms with Gasteiger partial charge in [0, 0.05) is 18.2 Å². The smallest absolute Gasteiger partial charge is 0.497 e. The van der Waals surface area contributed by atoms with Crippen molar-refractivity contribution >= 4 is 39.5 Å². The van der Waals surface area contributed by atoms with Crippen LogP contribution < -0.4 is 15.5 Å². The topological polar surface area (TPSA) is 105 Å². The normalized spacial score (nSPS) is 16.6. The first-order valence-electron chi connectivity index (χ1n) is 12.3. The minimum absolute atomic E-state index is 0.159. The first-order chi connectivity index (χ1) is 17.9. The zero-order valence-corrected chi connectivity index (χ0v) is 23.2. The van der Waals surface area contributed by atoms with E-state index in [1.54, 1.807) is 31.4 Å². The van der Waals surface area contributed by atoms with E-state index in [1.165, 1.54) is 16.5 Å². The molecule has 0 unspecified atom stereocenters. The molecule has 0 amide bonds. The van der Waals surface area contributed by atoms with Crippen molar-refractivity contribution in [3.05, 3.63) is 72.2 Å². The highest BCUT2D eigenvalue weighted by Crippen LogP contribution is 2.38. The maximum atomic E-state index is 13.8. The summed E-state index contributed by atoms with van der Waals surface area (Å²) in [7, 11) is -3.16. The largest absolute Gasteiger partial charge is 0.497 e. The number of aromatic nitrogens is 3. The van der Waals surface area contributed by atoms with E-state index >= 15 is 0 Å². The molecule has 0 spiro atoms. The van der Waals surface area contributed by atoms with Crippen LogP contribution in [0.15, 0.2) is 66.0 Å². The van der Waals surface area contributed by atoms with E-state index in [2.05, 4.69) is 15.3 Å². The van der Waals surface area contributed by atoms with Gasteiger partial charge in [-0.3, -0.25) is 0 Å². The van der Waals surface area contributed by atoms with Crippen LogP contribution in [0.5, 0.6) is 5.75 Å². The van der Waals surface area contributed by atoms with Gasteiger partial charge in [-0.1, -0.05) is 29.8 Å². The lowest BCUT2D eigenvalue weighted by molar-refractivity contribution is 0.00578. The Kier molecular flexibility index (Phi) is 6.49. The number of anilines is 1. The summed E-state index contributed by atoms with van der Waals surface area (Å²) in [5.41, 5.74) is 1.50. The Morgan fingerprint density at radius 3 is 2.21 bits per heavy atom. The van der Waals surface area contributed by atoms with Gasteiger partial charge in [0.2, 0.25) is 0 Å². The van der Waals surface area contributed by atoms with Crippen LogP contribution in [0, 0.1) is 6.92 Å². The summed E-state index contributed by atoms with van der Waals surface area (Å²) >= 11 is 0. The number of fused-ring (bicyclic) bond motifs is 1. The first-order valence-corrected chi connectivity index (χ1v) is 13.8. The molecule has 2 aromatic heterocycles. The number of nitrogens with one attached hydrogen (secondary N) is 1. The molecule has 2 aromatic carbocycles. The summed E-state index contributed by atoms with van der Waals surface area (Å²) in [5.74, 6) is 1.24. The number of methoxy groups -OCH3 is 1. The van der Waals surface area contributed by atoms with E-state index in [4.69, 9.17) is 14.0 Å². The maximum Gasteiger partial charge on any atom is 0.497 e. The molecule has 0 saturated carbocycles. The fourth-order valence-corrected chi connectivity index (χ4v) is 5.61. The molecule has 4 aromatic rings. The molecule has 0 radical (unpaired) electrons. The van der Waals surface area contributed by atoms with Gasteiger partial charge in [0.1, 0.15) is 17.9 Å². The second-order valence-electron chi connectivity index (χ2n) is 10.4. The highest BCUT2D eigenvalue weighted by atomic mass is 32.2. The molecule has 3 heterocycles. The van der Waals surface area contributed by atoms with Crippen LogP contribution >= 0.6 is 0 Å². The van der Waals surface area contributed by atoms with Crippen LogP contribution in [0.3, 0.4) is 0 Å². The lowest BCUT2D eigenvalue weighted by Crippen LogP contribution is -2.41. The van der Waals surface area contributed by atoms with Gasteiger partial charge in [-0.2, -0.15) is 0 Å². The molecular weight excluding hydrogens is 503 g/mol. The Morgan fingerprint density at radius 2 is 1.61 bits per heavy atom. The monoisotopic (exact) mass is 534 g/mol. The molecule has 198 valence electrons. The van der Waals surface area contributed by atoms with Crippen LogP contribution in [0.4, 0.5) is 5.82 Å². The third kappa shape index (κ3) is 4.55. The van der Waals surface area contributed by atoms with Crippen molar-refractivity contribution in [3.63, 3.8) is 0 Å². The van der Waals surface area contributed by atoms with Gasteiger partial charge >= 0.3 is 7.12 Å². The molecule has 0 atom stereocenters. The highest BCUT2D eigenvalue weighted by molar-refractivity contribution is 7.90. The molecule has 38 heavy (non-hydrogen) atoms. The molecule has 0 aliphatic carbocycles. The van der Waals surface area contributed by atoms with Crippen molar-refractivity contribution in [2.24, 2.45) is 0 Å². The molecule has 5 rings (SSSR count). The lowest BCUT2D eigenvalue weighted by Gasteiger charge is -2.32. The predicted octanol–water partition coefficient (Wildman–Crippen LogP) is 3.90. The van der Waals surface area contributed by atoms with Crippen LogP contribution in [-0.4, -0.2) is 47.8 Å². The molecule has 9 nitrogen and oxygen atoms in total. The van der Waals surface area contributed by atoms with Crippen molar-refractivity contribution in [3.8, 4) is 5.75 Å². The van der Waals surface area contributed by atoms with Gasteiger partial charge in [-0.05, 0) is 64.4 Å². The first kappa shape index (κ1) is 26.2. The summed E-state index contributed by atoms with van der Waals surface area (Å²) in [4.78, 5) is 9.03. The highest BCUT2D eigenvalue weighted by Gasteiger charge is 2.53. The van der Waals surface area contributed by atoms with Crippen molar-refractivity contribution in [1.82, 2.24) is 13.9 Å². The van der Waals surface area contributed by atoms with Gasteiger partial charge in [-0.25, -0.2) is 22.4 Å². The molecule has 1 N–H and O–H groups in total. The molecule has 1 saturated heterocycles. The minimum Gasteiger partial charge on any atom is -0.497 e. The zero-order valence-electron chi connectivity index (χ0n) is 22.3. The Labute approximate surface area is 223 Å². The number of nitrogens with zero attached hydrogens (tertiary/aromatic N) is 3. The van der Waals surface area contributed by atoms with Gasteiger partial charge < -0.3 is 19.4 Å². The quantitative estimate of drug-likeness (QED) is 0.356. The average Bonchev–Trinajstić information content (AvgIpc) is 3.38. The summed E-state index contributed by atoms with van der Waals surface area (Å²) in [5, 5.41) is 3.87. The van der Waals surface area contributed by atoms with Gasteiger partial charge in [0.05, 0.1) is 28.6 Å². The molecule has 0 bridgehead atoms. The lowest BCUT2D eigenvalue weighted by atomic mass is 9.79. The Balaban J connectivity index is 1.63. The van der Waals surface area contributed by atoms with Crippen LogP contribution in [-0.2, 0) is 25.9 Å². The SMILES string of the molecule is COc1ccc(CNc2ncnc3c2c(B2OC(C)(C)C(C)(C)O2)cn3S(=O)(=O)c2ccc(C)cc2)cc1. The van der Waals surface area contributed by atoms with Gasteiger partial charge in [-0.15, -0.1) is 0 Å². The molecule has 1 aliphatic heterocycles. The number of hydrogen-bond donors (Lipinski definition) is 1. The summed E-state index contributed by atoms with van der Waals surface area (Å²) in [6.45, 7) is 10.2. The van der Waals surface area contributed by atoms with Crippen molar-refractivity contribution in [2.45, 2.75) is 57.3 Å². The maximum absolute atomic E-state index is 13.8. The number of ether oxygens (including phenoxy) is 1. The number of rotatable bonds is 7. The van der Waals surface area contributed by atoms with E-state index in [0.717, 1.165) is 16.9 Å². The van der Waals surface area contributed by atoms with E-state index in [-0.39, 0.29) is 10.5 Å². The Hall–Kier alpha value is -3.41. The fraction of sp³-hybridized carbons (Fsp3) is 0.333. The third-order valence-corrected chi connectivity index (χ3v) is 8.95. The standard InChI is InChI=1S/C27H31BN4O5S/c1-18-7-13-21(14-8-18)38(33,34)32-16-22(28-36-26(2,3)27(4,5)37-28)23-24(30-17-31-25(23)32)29-15-19-9-11-20(35-6)12-10-19/h7-14,16-17H,15H2,1-6H3,(H,29,30,31). The van der Waals surface area contributed by atoms with Gasteiger partial charge in [0.15, 0.2) is 5.65 Å². The summed E-state index contributed by atoms with van der Waals surface area (Å²) < 4.78 is 46.6. The number of aryl methyl sites for hydroxylation is 1. The van der Waals surface area contributed by atoms with Crippen LogP contribution in [0.1, 0.15) is 38.8 Å². The number of benzene rings is 2. The van der Waals surface area contributed by atoms with E-state index < -0.39 is 28.3 Å². The summed E-state index contributed by atoms with van der Waals surface area (Å²) in [6, 6.07) is 14.4. The second kappa shape index (κ2) is 9.41. The number of hydrogen-bond acceptors (Lipinski definition) is 8. The average molecular weight is 534 g/mol. The van der Waals surface area contributed by atoms with Crippen LogP contribution in [0.25, 0.3) is 11.0 Å². The van der Waals surface area contributed by atoms with E-state index in [0.29, 0.717) is 23.2 Å². The van der Waals surface area contributed by atoms with E-state index in [1.807, 2.05) is 58.9 Å². The fourth-order valence-electron chi connectivity index (χ4n) is 4.28. The predicted molar refractivity (Wildman–Crippen MR) is 147 cm³/mol. The van der Waals surface area contributed by atoms with Crippen LogP contribution in [0.2, 0.25) is 0 Å². The second-order valence-corrected chi connectivity index (χ2v) is 12.2. The van der Waals surface area contributed by atoms with E-state index in [9.17, 15) is 8.42 Å². The zero-order chi connectivity index (χ0) is 27.3. The van der Waals surface area contributed by atoms with Gasteiger partial charge in [0.25, 0.3) is 10.0 Å². The van der Waals surface area contributed by atoms with Crippen molar-refractivity contribution in [2.75, 3.05) is 12.4 Å². The Morgan fingerprint density at radius 1 is 0.974 bits per heavy atom. The third-order valence-electron chi connectivity index (χ3n) is 7.29.